The van der Waals surface area contributed by atoms with Crippen LogP contribution in [0.1, 0.15) is 18.9 Å². The third-order valence-corrected chi connectivity index (χ3v) is 2.55. The van der Waals surface area contributed by atoms with Crippen LogP contribution in [0.3, 0.4) is 0 Å². The summed E-state index contributed by atoms with van der Waals surface area (Å²) in [5.74, 6) is -0.253. The second kappa shape index (κ2) is 6.24. The smallest absolute Gasteiger partial charge is 0.348 e. The average Bonchev–Trinajstić information content (AvgIpc) is 2.21. The zero-order valence-electron chi connectivity index (χ0n) is 9.53. The van der Waals surface area contributed by atoms with E-state index in [0.717, 1.165) is 28.6 Å². The first kappa shape index (κ1) is 13.5. The molecule has 2 amide bonds. The third kappa shape index (κ3) is 4.44. The predicted molar refractivity (Wildman–Crippen MR) is 73.0 cm³/mol. The Hall–Kier alpha value is -1.56. The van der Waals surface area contributed by atoms with Crippen molar-refractivity contribution in [2.24, 2.45) is 16.5 Å². The van der Waals surface area contributed by atoms with Gasteiger partial charge in [0.2, 0.25) is 0 Å². The van der Waals surface area contributed by atoms with Crippen LogP contribution in [0.4, 0.5) is 10.5 Å². The molecule has 1 rings (SSSR count). The predicted octanol–water partition coefficient (Wildman–Crippen LogP) is 2.21. The summed E-state index contributed by atoms with van der Waals surface area (Å²) in [6.45, 7) is 2.07. The maximum Gasteiger partial charge on any atom is 0.348 e. The van der Waals surface area contributed by atoms with E-state index in [1.165, 1.54) is 0 Å². The van der Waals surface area contributed by atoms with E-state index in [9.17, 15) is 4.79 Å². The van der Waals surface area contributed by atoms with Gasteiger partial charge in [-0.15, -0.1) is 0 Å². The van der Waals surface area contributed by atoms with Crippen LogP contribution in [0.15, 0.2) is 27.7 Å². The Kier molecular flexibility index (Phi) is 4.96. The van der Waals surface area contributed by atoms with Gasteiger partial charge >= 0.3 is 6.03 Å². The number of rotatable bonds is 3. The highest BCUT2D eigenvalue weighted by Gasteiger charge is 2.06. The number of nitrogens with two attached hydrogens (primary N) is 2. The zero-order chi connectivity index (χ0) is 12.8. The molecule has 0 atom stereocenters. The van der Waals surface area contributed by atoms with Crippen molar-refractivity contribution in [2.75, 3.05) is 5.32 Å². The standard InChI is InChI=1S/C11H15BrN4O/c1-2-3-7-6-8(12)4-5-9(7)15-11(17)16-10(13)14/h4-6H,2-3H2,1H3,(H5,13,14,15,16,17). The molecule has 0 saturated heterocycles. The molecule has 17 heavy (non-hydrogen) atoms. The molecule has 0 spiro atoms. The van der Waals surface area contributed by atoms with Crippen LogP contribution in [0.2, 0.25) is 0 Å². The summed E-state index contributed by atoms with van der Waals surface area (Å²) in [6, 6.07) is 5.07. The molecule has 5 nitrogen and oxygen atoms in total. The summed E-state index contributed by atoms with van der Waals surface area (Å²) < 4.78 is 0.973. The average molecular weight is 299 g/mol. The quantitative estimate of drug-likeness (QED) is 0.590. The molecule has 5 N–H and O–H groups in total. The summed E-state index contributed by atoms with van der Waals surface area (Å²) in [7, 11) is 0. The number of carbonyl (C=O) groups excluding carboxylic acids is 1. The van der Waals surface area contributed by atoms with Crippen molar-refractivity contribution in [1.29, 1.82) is 0 Å². The third-order valence-electron chi connectivity index (χ3n) is 2.06. The van der Waals surface area contributed by atoms with E-state index in [4.69, 9.17) is 11.5 Å². The molecule has 6 heteroatoms. The molecule has 0 radical (unpaired) electrons. The Bertz CT molecular complexity index is 441. The largest absolute Gasteiger partial charge is 0.370 e. The molecule has 0 unspecified atom stereocenters. The fourth-order valence-corrected chi connectivity index (χ4v) is 1.83. The number of halogens is 1. The van der Waals surface area contributed by atoms with Crippen molar-refractivity contribution in [3.63, 3.8) is 0 Å². The molecule has 0 fully saturated rings. The number of carbonyl (C=O) groups is 1. The highest BCUT2D eigenvalue weighted by Crippen LogP contribution is 2.22. The minimum atomic E-state index is -0.565. The van der Waals surface area contributed by atoms with Gasteiger partial charge in [0, 0.05) is 10.2 Å². The van der Waals surface area contributed by atoms with Crippen molar-refractivity contribution in [3.05, 3.63) is 28.2 Å². The number of benzene rings is 1. The lowest BCUT2D eigenvalue weighted by Gasteiger charge is -2.09. The van der Waals surface area contributed by atoms with E-state index in [0.29, 0.717) is 0 Å². The molecule has 1 aromatic carbocycles. The van der Waals surface area contributed by atoms with Gasteiger partial charge < -0.3 is 16.8 Å². The fraction of sp³-hybridized carbons (Fsp3) is 0.273. The van der Waals surface area contributed by atoms with Gasteiger partial charge in [0.1, 0.15) is 0 Å². The Morgan fingerprint density at radius 2 is 2.18 bits per heavy atom. The maximum atomic E-state index is 11.4. The fourth-order valence-electron chi connectivity index (χ4n) is 1.42. The lowest BCUT2D eigenvalue weighted by atomic mass is 10.1. The van der Waals surface area contributed by atoms with Crippen LogP contribution in [0.5, 0.6) is 0 Å². The summed E-state index contributed by atoms with van der Waals surface area (Å²) in [4.78, 5) is 14.8. The monoisotopic (exact) mass is 298 g/mol. The molecule has 0 aliphatic heterocycles. The summed E-state index contributed by atoms with van der Waals surface area (Å²) in [5.41, 5.74) is 12.0. The van der Waals surface area contributed by atoms with Gasteiger partial charge in [0.05, 0.1) is 0 Å². The number of hydrogen-bond acceptors (Lipinski definition) is 1. The molecule has 0 saturated carbocycles. The van der Waals surface area contributed by atoms with Gasteiger partial charge in [-0.2, -0.15) is 4.99 Å². The van der Waals surface area contributed by atoms with Gasteiger partial charge in [0.25, 0.3) is 0 Å². The minimum Gasteiger partial charge on any atom is -0.370 e. The molecule has 1 aromatic rings. The van der Waals surface area contributed by atoms with E-state index in [2.05, 4.69) is 33.2 Å². The Labute approximate surface area is 108 Å². The molecule has 0 aliphatic rings. The molecule has 0 aromatic heterocycles. The zero-order valence-corrected chi connectivity index (χ0v) is 11.1. The van der Waals surface area contributed by atoms with Crippen LogP contribution in [-0.2, 0) is 6.42 Å². The number of nitrogens with one attached hydrogen (secondary N) is 1. The van der Waals surface area contributed by atoms with Gasteiger partial charge in [-0.1, -0.05) is 29.3 Å². The summed E-state index contributed by atoms with van der Waals surface area (Å²) in [6.07, 6.45) is 1.86. The summed E-state index contributed by atoms with van der Waals surface area (Å²) in [5, 5.41) is 2.65. The number of aryl methyl sites for hydroxylation is 1. The summed E-state index contributed by atoms with van der Waals surface area (Å²) >= 11 is 3.39. The first-order valence-corrected chi connectivity index (χ1v) is 6.01. The number of urea groups is 1. The normalized spacial score (nSPS) is 9.76. The second-order valence-electron chi connectivity index (χ2n) is 3.52. The SMILES string of the molecule is CCCc1cc(Br)ccc1NC(=O)N=C(N)N. The van der Waals surface area contributed by atoms with Crippen LogP contribution in [0, 0.1) is 0 Å². The molecule has 0 heterocycles. The highest BCUT2D eigenvalue weighted by molar-refractivity contribution is 9.10. The van der Waals surface area contributed by atoms with E-state index >= 15 is 0 Å². The number of anilines is 1. The van der Waals surface area contributed by atoms with Crippen LogP contribution in [-0.4, -0.2) is 12.0 Å². The second-order valence-corrected chi connectivity index (χ2v) is 4.43. The van der Waals surface area contributed by atoms with E-state index in [1.54, 1.807) is 0 Å². The van der Waals surface area contributed by atoms with Crippen molar-refractivity contribution < 1.29 is 4.79 Å². The molecule has 0 bridgehead atoms. The van der Waals surface area contributed by atoms with Crippen molar-refractivity contribution >= 4 is 33.6 Å². The number of nitrogens with zero attached hydrogens (tertiary/aromatic N) is 1. The Balaban J connectivity index is 2.90. The van der Waals surface area contributed by atoms with Gasteiger partial charge in [-0.25, -0.2) is 4.79 Å². The topological polar surface area (TPSA) is 93.5 Å². The lowest BCUT2D eigenvalue weighted by molar-refractivity contribution is 0.259. The number of amides is 2. The van der Waals surface area contributed by atoms with Crippen molar-refractivity contribution in [1.82, 2.24) is 0 Å². The van der Waals surface area contributed by atoms with E-state index in [-0.39, 0.29) is 5.96 Å². The number of aliphatic imine (C=N–C) groups is 1. The van der Waals surface area contributed by atoms with Crippen LogP contribution in [0.25, 0.3) is 0 Å². The van der Waals surface area contributed by atoms with Crippen LogP contribution >= 0.6 is 15.9 Å². The lowest BCUT2D eigenvalue weighted by Crippen LogP contribution is -2.25. The minimum absolute atomic E-state index is 0.253. The highest BCUT2D eigenvalue weighted by atomic mass is 79.9. The van der Waals surface area contributed by atoms with Crippen molar-refractivity contribution in [3.8, 4) is 0 Å². The molecule has 92 valence electrons. The first-order valence-electron chi connectivity index (χ1n) is 5.22. The molecule has 0 aliphatic carbocycles. The molecular formula is C11H15BrN4O. The number of hydrogen-bond donors (Lipinski definition) is 3. The van der Waals surface area contributed by atoms with Crippen molar-refractivity contribution in [2.45, 2.75) is 19.8 Å². The first-order chi connectivity index (χ1) is 8.02. The van der Waals surface area contributed by atoms with E-state index < -0.39 is 6.03 Å². The van der Waals surface area contributed by atoms with Gasteiger partial charge in [0.15, 0.2) is 5.96 Å². The Morgan fingerprint density at radius 3 is 2.76 bits per heavy atom. The van der Waals surface area contributed by atoms with Gasteiger partial charge in [-0.05, 0) is 30.2 Å². The Morgan fingerprint density at radius 1 is 1.47 bits per heavy atom. The molecular weight excluding hydrogens is 284 g/mol. The van der Waals surface area contributed by atoms with Gasteiger partial charge in [-0.3, -0.25) is 0 Å². The van der Waals surface area contributed by atoms with Crippen LogP contribution < -0.4 is 16.8 Å². The number of guanidine groups is 1. The maximum absolute atomic E-state index is 11.4. The van der Waals surface area contributed by atoms with E-state index in [1.807, 2.05) is 18.2 Å².